The first-order chi connectivity index (χ1) is 6.14. The van der Waals surface area contributed by atoms with Crippen LogP contribution in [-0.2, 0) is 4.79 Å². The molecule has 0 amide bonds. The fourth-order valence-electron chi connectivity index (χ4n) is 2.46. The average Bonchev–Trinajstić information content (AvgIpc) is 2.82. The highest BCUT2D eigenvalue weighted by Crippen LogP contribution is 2.60. The quantitative estimate of drug-likeness (QED) is 0.742. The summed E-state index contributed by atoms with van der Waals surface area (Å²) in [7, 11) is 0. The van der Waals surface area contributed by atoms with Crippen molar-refractivity contribution in [2.75, 3.05) is 11.5 Å². The molecule has 0 aromatic rings. The third-order valence-electron chi connectivity index (χ3n) is 3.67. The molecule has 0 radical (unpaired) electrons. The van der Waals surface area contributed by atoms with Crippen LogP contribution in [0.2, 0.25) is 0 Å². The van der Waals surface area contributed by atoms with Gasteiger partial charge in [-0.25, -0.2) is 0 Å². The van der Waals surface area contributed by atoms with E-state index in [4.69, 9.17) is 5.11 Å². The summed E-state index contributed by atoms with van der Waals surface area (Å²) in [5.41, 5.74) is 0.138. The van der Waals surface area contributed by atoms with E-state index in [1.807, 2.05) is 11.8 Å². The van der Waals surface area contributed by atoms with Crippen molar-refractivity contribution in [2.24, 2.45) is 17.3 Å². The molecule has 0 aromatic heterocycles. The van der Waals surface area contributed by atoms with Crippen LogP contribution in [0.4, 0.5) is 0 Å². The first-order valence-corrected chi connectivity index (χ1v) is 6.10. The molecule has 1 N–H and O–H groups in total. The van der Waals surface area contributed by atoms with Crippen LogP contribution in [-0.4, -0.2) is 22.6 Å². The number of carbonyl (C=O) groups is 1. The lowest BCUT2D eigenvalue weighted by molar-refractivity contribution is -0.139. The molecule has 0 aromatic carbocycles. The second kappa shape index (κ2) is 3.19. The summed E-state index contributed by atoms with van der Waals surface area (Å²) >= 11 is 1.99. The first-order valence-electron chi connectivity index (χ1n) is 4.95. The minimum absolute atomic E-state index is 0.0452. The van der Waals surface area contributed by atoms with Gasteiger partial charge >= 0.3 is 5.97 Å². The topological polar surface area (TPSA) is 37.3 Å². The van der Waals surface area contributed by atoms with Gasteiger partial charge < -0.3 is 5.11 Å². The molecular weight excluding hydrogens is 184 g/mol. The summed E-state index contributed by atoms with van der Waals surface area (Å²) in [4.78, 5) is 10.8. The smallest absolute Gasteiger partial charge is 0.307 e. The van der Waals surface area contributed by atoms with E-state index in [-0.39, 0.29) is 11.3 Å². The van der Waals surface area contributed by atoms with E-state index >= 15 is 0 Å². The Labute approximate surface area is 83.1 Å². The molecule has 0 bridgehead atoms. The van der Waals surface area contributed by atoms with E-state index in [2.05, 4.69) is 6.92 Å². The van der Waals surface area contributed by atoms with E-state index in [1.165, 1.54) is 24.3 Å². The molecular formula is C10H16O2S. The summed E-state index contributed by atoms with van der Waals surface area (Å²) < 4.78 is 0. The van der Waals surface area contributed by atoms with Gasteiger partial charge in [-0.2, -0.15) is 11.8 Å². The van der Waals surface area contributed by atoms with Crippen molar-refractivity contribution in [2.45, 2.75) is 26.2 Å². The number of thioether (sulfide) groups is 1. The van der Waals surface area contributed by atoms with Gasteiger partial charge in [0.2, 0.25) is 0 Å². The van der Waals surface area contributed by atoms with Gasteiger partial charge in [0.1, 0.15) is 0 Å². The summed E-state index contributed by atoms with van der Waals surface area (Å²) in [6.07, 6.45) is 3.43. The van der Waals surface area contributed by atoms with Crippen LogP contribution in [0, 0.1) is 17.3 Å². The number of carboxylic acids is 1. The van der Waals surface area contributed by atoms with Gasteiger partial charge in [-0.1, -0.05) is 6.92 Å². The van der Waals surface area contributed by atoms with E-state index < -0.39 is 5.97 Å². The van der Waals surface area contributed by atoms with Gasteiger partial charge in [0.15, 0.2) is 0 Å². The second-order valence-corrected chi connectivity index (χ2v) is 5.66. The zero-order chi connectivity index (χ0) is 9.47. The van der Waals surface area contributed by atoms with Crippen molar-refractivity contribution in [1.82, 2.24) is 0 Å². The molecule has 13 heavy (non-hydrogen) atoms. The Morgan fingerprint density at radius 1 is 1.62 bits per heavy atom. The van der Waals surface area contributed by atoms with Crippen LogP contribution >= 0.6 is 11.8 Å². The van der Waals surface area contributed by atoms with Crippen LogP contribution < -0.4 is 0 Å². The maximum atomic E-state index is 10.8. The molecule has 1 heterocycles. The van der Waals surface area contributed by atoms with Crippen molar-refractivity contribution in [1.29, 1.82) is 0 Å². The molecule has 2 aliphatic rings. The summed E-state index contributed by atoms with van der Waals surface area (Å²) in [5.74, 6) is 2.48. The fraction of sp³-hybridized carbons (Fsp3) is 0.900. The molecule has 1 aliphatic heterocycles. The molecule has 3 atom stereocenters. The number of aliphatic carboxylic acids is 1. The lowest BCUT2D eigenvalue weighted by Crippen LogP contribution is -2.23. The standard InChI is InChI=1S/C10H16O2S/c1-10(5-8(10)9(11)12)7-3-2-4-13-6-7/h7-8H,2-6H2,1H3,(H,11,12)/t7?,8-,10-/m1/s1. The van der Waals surface area contributed by atoms with Crippen LogP contribution in [0.25, 0.3) is 0 Å². The molecule has 0 spiro atoms. The lowest BCUT2D eigenvalue weighted by Gasteiger charge is -2.27. The van der Waals surface area contributed by atoms with E-state index in [0.29, 0.717) is 5.92 Å². The molecule has 1 saturated carbocycles. The molecule has 2 fully saturated rings. The summed E-state index contributed by atoms with van der Waals surface area (Å²) in [5, 5.41) is 8.91. The monoisotopic (exact) mass is 200 g/mol. The molecule has 2 rings (SSSR count). The highest BCUT2D eigenvalue weighted by Gasteiger charge is 2.58. The van der Waals surface area contributed by atoms with Gasteiger partial charge in [0.25, 0.3) is 0 Å². The Morgan fingerprint density at radius 2 is 2.38 bits per heavy atom. The zero-order valence-electron chi connectivity index (χ0n) is 7.95. The summed E-state index contributed by atoms with van der Waals surface area (Å²) in [6, 6.07) is 0. The van der Waals surface area contributed by atoms with Gasteiger partial charge in [-0.3, -0.25) is 4.79 Å². The third-order valence-corrected chi connectivity index (χ3v) is 4.89. The SMILES string of the molecule is C[C@]1(C2CCCSC2)C[C@@H]1C(=O)O. The predicted molar refractivity (Wildman–Crippen MR) is 53.9 cm³/mol. The fourth-order valence-corrected chi connectivity index (χ4v) is 3.83. The maximum Gasteiger partial charge on any atom is 0.307 e. The number of rotatable bonds is 2. The van der Waals surface area contributed by atoms with E-state index in [0.717, 1.165) is 6.42 Å². The Kier molecular flexibility index (Phi) is 2.30. The van der Waals surface area contributed by atoms with Gasteiger partial charge in [-0.15, -0.1) is 0 Å². The molecule has 1 saturated heterocycles. The van der Waals surface area contributed by atoms with E-state index in [1.54, 1.807) is 0 Å². The largest absolute Gasteiger partial charge is 0.481 e. The van der Waals surface area contributed by atoms with Crippen LogP contribution in [0.3, 0.4) is 0 Å². The Bertz CT molecular complexity index is 223. The van der Waals surface area contributed by atoms with Crippen LogP contribution in [0.5, 0.6) is 0 Å². The van der Waals surface area contributed by atoms with Crippen molar-refractivity contribution < 1.29 is 9.90 Å². The average molecular weight is 200 g/mol. The Balaban J connectivity index is 1.97. The van der Waals surface area contributed by atoms with Crippen LogP contribution in [0.1, 0.15) is 26.2 Å². The van der Waals surface area contributed by atoms with Crippen molar-refractivity contribution in [3.63, 3.8) is 0 Å². The third kappa shape index (κ3) is 1.58. The first kappa shape index (κ1) is 9.38. The Morgan fingerprint density at radius 3 is 2.85 bits per heavy atom. The zero-order valence-corrected chi connectivity index (χ0v) is 8.77. The molecule has 1 aliphatic carbocycles. The minimum atomic E-state index is -0.585. The predicted octanol–water partition coefficient (Wildman–Crippen LogP) is 2.24. The second-order valence-electron chi connectivity index (χ2n) is 4.51. The van der Waals surface area contributed by atoms with Gasteiger partial charge in [-0.05, 0) is 42.1 Å². The molecule has 74 valence electrons. The number of hydrogen-bond acceptors (Lipinski definition) is 2. The number of carboxylic acid groups (broad SMARTS) is 1. The maximum absolute atomic E-state index is 10.8. The highest BCUT2D eigenvalue weighted by molar-refractivity contribution is 7.99. The normalized spacial score (nSPS) is 44.4. The molecule has 1 unspecified atom stereocenters. The number of hydrogen-bond donors (Lipinski definition) is 1. The highest BCUT2D eigenvalue weighted by atomic mass is 32.2. The Hall–Kier alpha value is -0.180. The van der Waals surface area contributed by atoms with E-state index in [9.17, 15) is 4.79 Å². The van der Waals surface area contributed by atoms with Gasteiger partial charge in [0, 0.05) is 0 Å². The van der Waals surface area contributed by atoms with Gasteiger partial charge in [0.05, 0.1) is 5.92 Å². The molecule has 2 nitrogen and oxygen atoms in total. The van der Waals surface area contributed by atoms with Crippen molar-refractivity contribution in [3.05, 3.63) is 0 Å². The van der Waals surface area contributed by atoms with Crippen molar-refractivity contribution >= 4 is 17.7 Å². The minimum Gasteiger partial charge on any atom is -0.481 e. The lowest BCUT2D eigenvalue weighted by atomic mass is 9.86. The van der Waals surface area contributed by atoms with Crippen molar-refractivity contribution in [3.8, 4) is 0 Å². The summed E-state index contributed by atoms with van der Waals surface area (Å²) in [6.45, 7) is 2.16. The molecule has 3 heteroatoms. The van der Waals surface area contributed by atoms with Crippen LogP contribution in [0.15, 0.2) is 0 Å².